The molecule has 20 heteroatoms. The second-order valence-electron chi connectivity index (χ2n) is 17.4. The Hall–Kier alpha value is -2.18. The van der Waals surface area contributed by atoms with Crippen molar-refractivity contribution in [3.8, 4) is 0 Å². The van der Waals surface area contributed by atoms with Crippen LogP contribution >= 0.6 is 27.4 Å². The Labute approximate surface area is 411 Å². The third-order valence-electron chi connectivity index (χ3n) is 10.4. The first-order chi connectivity index (χ1) is 32.3. The summed E-state index contributed by atoms with van der Waals surface area (Å²) in [5.74, 6) is -1.80. The van der Waals surface area contributed by atoms with Gasteiger partial charge in [-0.1, -0.05) is 166 Å². The number of carboxylic acids is 1. The lowest BCUT2D eigenvalue weighted by Crippen LogP contribution is -2.38. The van der Waals surface area contributed by atoms with Crippen molar-refractivity contribution in [1.82, 2.24) is 0 Å². The average Bonchev–Trinajstić information content (AvgIpc) is 3.27. The van der Waals surface area contributed by atoms with E-state index >= 15 is 0 Å². The van der Waals surface area contributed by atoms with Crippen LogP contribution in [-0.2, 0) is 46.6 Å². The third kappa shape index (κ3) is 43.8. The fourth-order valence-corrected chi connectivity index (χ4v) is 8.79. The molecule has 396 valence electrons. The van der Waals surface area contributed by atoms with E-state index in [1.807, 2.05) is 18.2 Å². The minimum Gasteiger partial charge on any atom is -0.481 e. The maximum absolute atomic E-state index is 13.0. The van der Waals surface area contributed by atoms with E-state index in [9.17, 15) is 38.6 Å². The number of carbonyl (C=O) groups is 3. The van der Waals surface area contributed by atoms with E-state index in [1.54, 1.807) is 18.2 Å². The van der Waals surface area contributed by atoms with Gasteiger partial charge in [0.15, 0.2) is 6.10 Å². The van der Waals surface area contributed by atoms with Gasteiger partial charge in [-0.25, -0.2) is 9.13 Å². The molecule has 0 saturated carbocycles. The molecule has 0 rings (SSSR count). The standard InChI is InChI=1S/C48H87NO16P2S/c1-4-5-6-7-8-9-10-15-18-21-24-27-32-45(44(51)31-29-33-46(52)53)68-39-43(49)48(55)61-37-42(38-64-67(59,60)63-36-41(50)35-62-66(56,57)58)65-47(54)34-28-25-22-19-16-13-11-12-14-17-20-23-26-30-40(2)3/h8-9,15,18,21,24,27,32,40-45,50-51H,4-7,10-14,16-17,19-20,22-23,25-26,28-31,33-39,49H2,1-3H3,(H,52,53)(H,59,60)(H2,56,57,58)/b9-8-,18-15-,24-21+,32-27+/t41-,42+,43-,44-,45+/m0/s1. The SMILES string of the molecule is CCCCC/C=C\C\C=C/C=C/C=C/[C@@H](SC[C@H](N)C(=O)OC[C@H](COP(=O)(O)OC[C@@H](O)COP(=O)(O)O)OC(=O)CCCCCCCCCCCCCCCC(C)C)[C@@H](O)CCCC(=O)O. The van der Waals surface area contributed by atoms with Gasteiger partial charge < -0.3 is 45.2 Å². The summed E-state index contributed by atoms with van der Waals surface area (Å²) in [6.07, 6.45) is 33.0. The summed E-state index contributed by atoms with van der Waals surface area (Å²) < 4.78 is 48.1. The van der Waals surface area contributed by atoms with E-state index in [-0.39, 0.29) is 31.4 Å². The molecule has 0 bridgehead atoms. The number of carboxylic acid groups (broad SMARTS) is 1. The van der Waals surface area contributed by atoms with Gasteiger partial charge in [0.2, 0.25) is 0 Å². The molecule has 17 nitrogen and oxygen atoms in total. The van der Waals surface area contributed by atoms with E-state index in [0.717, 1.165) is 56.2 Å². The quantitative estimate of drug-likeness (QED) is 0.00982. The number of carbonyl (C=O) groups excluding carboxylic acids is 2. The van der Waals surface area contributed by atoms with Crippen LogP contribution in [0.5, 0.6) is 0 Å². The Morgan fingerprint density at radius 3 is 1.85 bits per heavy atom. The van der Waals surface area contributed by atoms with Gasteiger partial charge in [0.1, 0.15) is 18.8 Å². The fourth-order valence-electron chi connectivity index (χ4n) is 6.50. The highest BCUT2D eigenvalue weighted by Gasteiger charge is 2.29. The number of aliphatic carboxylic acids is 1. The molecule has 0 amide bonds. The smallest absolute Gasteiger partial charge is 0.472 e. The van der Waals surface area contributed by atoms with Gasteiger partial charge >= 0.3 is 33.6 Å². The van der Waals surface area contributed by atoms with Crippen LogP contribution in [0.1, 0.15) is 168 Å². The van der Waals surface area contributed by atoms with E-state index in [2.05, 4.69) is 37.4 Å². The number of hydrogen-bond acceptors (Lipinski definition) is 14. The Bertz CT molecular complexity index is 1520. The van der Waals surface area contributed by atoms with Crippen molar-refractivity contribution in [2.45, 2.75) is 198 Å². The molecule has 8 N–H and O–H groups in total. The molecule has 0 saturated heterocycles. The van der Waals surface area contributed by atoms with Crippen LogP contribution in [0, 0.1) is 5.92 Å². The minimum absolute atomic E-state index is 0.0224. The molecule has 68 heavy (non-hydrogen) atoms. The molecule has 0 aromatic carbocycles. The number of rotatable bonds is 46. The average molecular weight is 1030 g/mol. The zero-order valence-electron chi connectivity index (χ0n) is 41.0. The Morgan fingerprint density at radius 2 is 1.25 bits per heavy atom. The van der Waals surface area contributed by atoms with Crippen molar-refractivity contribution < 1.29 is 76.6 Å². The van der Waals surface area contributed by atoms with Gasteiger partial charge in [-0.3, -0.25) is 28.0 Å². The number of phosphoric acid groups is 2. The summed E-state index contributed by atoms with van der Waals surface area (Å²) in [7, 11) is -9.87. The molecule has 0 aromatic rings. The number of allylic oxidation sites excluding steroid dienone is 7. The maximum atomic E-state index is 13.0. The van der Waals surface area contributed by atoms with Crippen LogP contribution in [0.25, 0.3) is 0 Å². The Balaban J connectivity index is 5.29. The summed E-state index contributed by atoms with van der Waals surface area (Å²) in [6.45, 7) is 3.48. The van der Waals surface area contributed by atoms with Crippen molar-refractivity contribution in [2.75, 3.05) is 32.2 Å². The highest BCUT2D eigenvalue weighted by molar-refractivity contribution is 8.00. The largest absolute Gasteiger partial charge is 0.481 e. The number of aliphatic hydroxyl groups is 2. The summed E-state index contributed by atoms with van der Waals surface area (Å²) in [5.41, 5.74) is 6.16. The first-order valence-corrected chi connectivity index (χ1v) is 28.7. The fraction of sp³-hybridized carbons (Fsp3) is 0.771. The number of ether oxygens (including phenoxy) is 2. The second-order valence-corrected chi connectivity index (χ2v) is 21.3. The number of esters is 2. The molecule has 0 radical (unpaired) electrons. The van der Waals surface area contributed by atoms with Crippen LogP contribution in [0.3, 0.4) is 0 Å². The molecule has 0 spiro atoms. The third-order valence-corrected chi connectivity index (χ3v) is 13.2. The zero-order chi connectivity index (χ0) is 50.9. The summed E-state index contributed by atoms with van der Waals surface area (Å²) in [6, 6.07) is -1.22. The van der Waals surface area contributed by atoms with Crippen molar-refractivity contribution >= 4 is 45.3 Å². The highest BCUT2D eigenvalue weighted by Crippen LogP contribution is 2.44. The topological polar surface area (TPSA) is 279 Å². The number of hydrogen-bond donors (Lipinski definition) is 7. The highest BCUT2D eigenvalue weighted by atomic mass is 32.2. The van der Waals surface area contributed by atoms with Gasteiger partial charge in [0.25, 0.3) is 0 Å². The second kappa shape index (κ2) is 42.5. The molecule has 6 atom stereocenters. The van der Waals surface area contributed by atoms with Crippen LogP contribution in [0.15, 0.2) is 48.6 Å². The molecule has 1 unspecified atom stereocenters. The van der Waals surface area contributed by atoms with Crippen LogP contribution in [0.4, 0.5) is 0 Å². The molecule has 0 aliphatic heterocycles. The van der Waals surface area contributed by atoms with Crippen molar-refractivity contribution in [3.05, 3.63) is 48.6 Å². The van der Waals surface area contributed by atoms with Gasteiger partial charge in [0.05, 0.1) is 25.9 Å². The molecule has 0 aliphatic rings. The first-order valence-electron chi connectivity index (χ1n) is 24.6. The first kappa shape index (κ1) is 65.8. The summed E-state index contributed by atoms with van der Waals surface area (Å²) in [4.78, 5) is 64.8. The van der Waals surface area contributed by atoms with E-state index < -0.39 is 89.6 Å². The zero-order valence-corrected chi connectivity index (χ0v) is 43.6. The van der Waals surface area contributed by atoms with E-state index in [4.69, 9.17) is 39.1 Å². The number of phosphoric ester groups is 2. The molecular formula is C48H87NO16P2S. The van der Waals surface area contributed by atoms with Gasteiger partial charge in [-0.15, -0.1) is 11.8 Å². The van der Waals surface area contributed by atoms with Gasteiger partial charge in [-0.05, 0) is 44.4 Å². The van der Waals surface area contributed by atoms with Crippen LogP contribution < -0.4 is 5.73 Å². The molecule has 0 aromatic heterocycles. The predicted octanol–water partition coefficient (Wildman–Crippen LogP) is 9.79. The molecule has 0 aliphatic carbocycles. The maximum Gasteiger partial charge on any atom is 0.472 e. The molecule has 0 heterocycles. The van der Waals surface area contributed by atoms with Crippen LogP contribution in [0.2, 0.25) is 0 Å². The number of thioether (sulfide) groups is 1. The lowest BCUT2D eigenvalue weighted by Gasteiger charge is -2.22. The summed E-state index contributed by atoms with van der Waals surface area (Å²) in [5, 5.41) is 29.2. The van der Waals surface area contributed by atoms with E-state index in [0.29, 0.717) is 6.42 Å². The van der Waals surface area contributed by atoms with Gasteiger partial charge in [-0.2, -0.15) is 0 Å². The number of nitrogens with two attached hydrogens (primary N) is 1. The lowest BCUT2D eigenvalue weighted by atomic mass is 10.0. The predicted molar refractivity (Wildman–Crippen MR) is 268 cm³/mol. The van der Waals surface area contributed by atoms with Crippen molar-refractivity contribution in [2.24, 2.45) is 11.7 Å². The minimum atomic E-state index is -4.94. The van der Waals surface area contributed by atoms with Crippen LogP contribution in [-0.4, -0.2) is 110 Å². The lowest BCUT2D eigenvalue weighted by molar-refractivity contribution is -0.161. The molecule has 0 fully saturated rings. The number of aliphatic hydroxyl groups excluding tert-OH is 2. The van der Waals surface area contributed by atoms with E-state index in [1.165, 1.54) is 77.0 Å². The van der Waals surface area contributed by atoms with Crippen molar-refractivity contribution in [3.63, 3.8) is 0 Å². The normalized spacial score (nSPS) is 15.6. The van der Waals surface area contributed by atoms with Crippen molar-refractivity contribution in [1.29, 1.82) is 0 Å². The van der Waals surface area contributed by atoms with Gasteiger partial charge in [0, 0.05) is 23.8 Å². The Kier molecular flexibility index (Phi) is 41.1. The monoisotopic (exact) mass is 1030 g/mol. The Morgan fingerprint density at radius 1 is 0.662 bits per heavy atom. The summed E-state index contributed by atoms with van der Waals surface area (Å²) >= 11 is 1.16. The molecular weight excluding hydrogens is 941 g/mol. The number of unbranched alkanes of at least 4 members (excludes halogenated alkanes) is 15.